The molecule has 0 fully saturated rings. The number of aromatic hydroxyl groups is 1. The Labute approximate surface area is 98.5 Å². The zero-order valence-corrected chi connectivity index (χ0v) is 9.25. The van der Waals surface area contributed by atoms with Gasteiger partial charge in [-0.1, -0.05) is 18.2 Å². The number of carbonyl (C=O) groups is 1. The first-order valence-electron chi connectivity index (χ1n) is 5.10. The predicted molar refractivity (Wildman–Crippen MR) is 62.0 cm³/mol. The standard InChI is InChI=1S/C13H11NO3/c1-9-5-2-3-6-10(9)13(16)17-12-11(15)7-4-8-14-12/h2-8,15H,1H3. The van der Waals surface area contributed by atoms with Crippen LogP contribution >= 0.6 is 0 Å². The molecule has 1 N–H and O–H groups in total. The second kappa shape index (κ2) is 4.65. The number of ether oxygens (including phenoxy) is 1. The molecule has 1 aromatic carbocycles. The van der Waals surface area contributed by atoms with Crippen LogP contribution in [-0.4, -0.2) is 16.1 Å². The second-order valence-electron chi connectivity index (χ2n) is 3.53. The van der Waals surface area contributed by atoms with Crippen molar-refractivity contribution < 1.29 is 14.6 Å². The number of pyridine rings is 1. The Morgan fingerprint density at radius 3 is 2.71 bits per heavy atom. The zero-order valence-electron chi connectivity index (χ0n) is 9.25. The van der Waals surface area contributed by atoms with Crippen LogP contribution < -0.4 is 4.74 Å². The summed E-state index contributed by atoms with van der Waals surface area (Å²) >= 11 is 0. The number of esters is 1. The summed E-state index contributed by atoms with van der Waals surface area (Å²) in [6.07, 6.45) is 1.44. The highest BCUT2D eigenvalue weighted by Crippen LogP contribution is 2.22. The van der Waals surface area contributed by atoms with Gasteiger partial charge in [0, 0.05) is 6.20 Å². The van der Waals surface area contributed by atoms with Crippen LogP contribution in [0.4, 0.5) is 0 Å². The smallest absolute Gasteiger partial charge is 0.345 e. The van der Waals surface area contributed by atoms with Crippen molar-refractivity contribution >= 4 is 5.97 Å². The minimum Gasteiger partial charge on any atom is -0.503 e. The summed E-state index contributed by atoms with van der Waals surface area (Å²) in [5.41, 5.74) is 1.27. The summed E-state index contributed by atoms with van der Waals surface area (Å²) in [5.74, 6) is -0.771. The number of rotatable bonds is 2. The van der Waals surface area contributed by atoms with Crippen molar-refractivity contribution in [2.75, 3.05) is 0 Å². The predicted octanol–water partition coefficient (Wildman–Crippen LogP) is 2.31. The molecule has 0 amide bonds. The molecular formula is C13H11NO3. The van der Waals surface area contributed by atoms with Crippen molar-refractivity contribution in [1.82, 2.24) is 4.98 Å². The fourth-order valence-corrected chi connectivity index (χ4v) is 1.41. The zero-order chi connectivity index (χ0) is 12.3. The minimum atomic E-state index is -0.530. The van der Waals surface area contributed by atoms with E-state index in [-0.39, 0.29) is 11.6 Å². The van der Waals surface area contributed by atoms with Crippen LogP contribution in [0.2, 0.25) is 0 Å². The van der Waals surface area contributed by atoms with Gasteiger partial charge in [0.1, 0.15) is 0 Å². The van der Waals surface area contributed by atoms with Crippen molar-refractivity contribution in [1.29, 1.82) is 0 Å². The SMILES string of the molecule is Cc1ccccc1C(=O)Oc1ncccc1O. The van der Waals surface area contributed by atoms with Gasteiger partial charge in [0.25, 0.3) is 5.88 Å². The van der Waals surface area contributed by atoms with E-state index in [2.05, 4.69) is 4.98 Å². The number of nitrogens with zero attached hydrogens (tertiary/aromatic N) is 1. The van der Waals surface area contributed by atoms with Gasteiger partial charge in [-0.25, -0.2) is 9.78 Å². The first-order valence-corrected chi connectivity index (χ1v) is 5.10. The highest BCUT2D eigenvalue weighted by molar-refractivity contribution is 5.92. The van der Waals surface area contributed by atoms with Gasteiger partial charge in [-0.05, 0) is 30.7 Å². The van der Waals surface area contributed by atoms with E-state index in [4.69, 9.17) is 4.74 Å². The lowest BCUT2D eigenvalue weighted by molar-refractivity contribution is 0.0721. The molecule has 4 nitrogen and oxygen atoms in total. The maximum absolute atomic E-state index is 11.8. The molecule has 0 spiro atoms. The summed E-state index contributed by atoms with van der Waals surface area (Å²) in [7, 11) is 0. The van der Waals surface area contributed by atoms with Crippen molar-refractivity contribution in [2.24, 2.45) is 0 Å². The van der Waals surface area contributed by atoms with Crippen LogP contribution in [0.1, 0.15) is 15.9 Å². The van der Waals surface area contributed by atoms with Crippen LogP contribution in [0, 0.1) is 6.92 Å². The third-order valence-corrected chi connectivity index (χ3v) is 2.31. The van der Waals surface area contributed by atoms with Gasteiger partial charge in [-0.15, -0.1) is 0 Å². The molecule has 2 aromatic rings. The summed E-state index contributed by atoms with van der Waals surface area (Å²) in [4.78, 5) is 15.6. The summed E-state index contributed by atoms with van der Waals surface area (Å²) in [5, 5.41) is 9.44. The molecule has 86 valence electrons. The molecule has 0 radical (unpaired) electrons. The topological polar surface area (TPSA) is 59.4 Å². The first-order chi connectivity index (χ1) is 8.18. The van der Waals surface area contributed by atoms with Crippen molar-refractivity contribution in [3.63, 3.8) is 0 Å². The highest BCUT2D eigenvalue weighted by Gasteiger charge is 2.13. The summed E-state index contributed by atoms with van der Waals surface area (Å²) in [6, 6.07) is 10.0. The minimum absolute atomic E-state index is 0.0826. The lowest BCUT2D eigenvalue weighted by Crippen LogP contribution is -2.10. The average molecular weight is 229 g/mol. The molecule has 2 rings (SSSR count). The first kappa shape index (κ1) is 11.1. The Morgan fingerprint density at radius 2 is 2.00 bits per heavy atom. The number of hydrogen-bond donors (Lipinski definition) is 1. The van der Waals surface area contributed by atoms with Crippen LogP contribution in [-0.2, 0) is 0 Å². The molecule has 0 atom stereocenters. The molecule has 0 bridgehead atoms. The molecule has 0 saturated carbocycles. The molecule has 0 aliphatic carbocycles. The highest BCUT2D eigenvalue weighted by atomic mass is 16.5. The molecule has 17 heavy (non-hydrogen) atoms. The third-order valence-electron chi connectivity index (χ3n) is 2.31. The largest absolute Gasteiger partial charge is 0.503 e. The van der Waals surface area contributed by atoms with Gasteiger partial charge in [0.2, 0.25) is 0 Å². The van der Waals surface area contributed by atoms with E-state index in [0.29, 0.717) is 5.56 Å². The van der Waals surface area contributed by atoms with E-state index >= 15 is 0 Å². The number of aryl methyl sites for hydroxylation is 1. The fraction of sp³-hybridized carbons (Fsp3) is 0.0769. The van der Waals surface area contributed by atoms with Gasteiger partial charge in [0.15, 0.2) is 5.75 Å². The van der Waals surface area contributed by atoms with E-state index in [1.54, 1.807) is 18.2 Å². The number of aromatic nitrogens is 1. The second-order valence-corrected chi connectivity index (χ2v) is 3.53. The maximum atomic E-state index is 11.8. The van der Waals surface area contributed by atoms with Gasteiger partial charge >= 0.3 is 5.97 Å². The summed E-state index contributed by atoms with van der Waals surface area (Å²) in [6.45, 7) is 1.81. The van der Waals surface area contributed by atoms with E-state index < -0.39 is 5.97 Å². The van der Waals surface area contributed by atoms with Gasteiger partial charge in [-0.2, -0.15) is 0 Å². The van der Waals surface area contributed by atoms with Crippen LogP contribution in [0.5, 0.6) is 11.6 Å². The van der Waals surface area contributed by atoms with Crippen LogP contribution in [0.15, 0.2) is 42.6 Å². The Kier molecular flexibility index (Phi) is 3.05. The van der Waals surface area contributed by atoms with Crippen molar-refractivity contribution in [3.8, 4) is 11.6 Å². The molecule has 0 saturated heterocycles. The third kappa shape index (κ3) is 2.42. The number of hydrogen-bond acceptors (Lipinski definition) is 4. The maximum Gasteiger partial charge on any atom is 0.345 e. The van der Waals surface area contributed by atoms with E-state index in [1.165, 1.54) is 12.3 Å². The van der Waals surface area contributed by atoms with E-state index in [1.807, 2.05) is 19.1 Å². The molecule has 1 heterocycles. The van der Waals surface area contributed by atoms with Crippen molar-refractivity contribution in [3.05, 3.63) is 53.7 Å². The van der Waals surface area contributed by atoms with Crippen LogP contribution in [0.3, 0.4) is 0 Å². The molecule has 0 unspecified atom stereocenters. The quantitative estimate of drug-likeness (QED) is 0.803. The lowest BCUT2D eigenvalue weighted by atomic mass is 10.1. The normalized spacial score (nSPS) is 9.94. The Morgan fingerprint density at radius 1 is 1.24 bits per heavy atom. The average Bonchev–Trinajstić information content (AvgIpc) is 2.32. The summed E-state index contributed by atoms with van der Waals surface area (Å²) < 4.78 is 5.01. The molecule has 1 aromatic heterocycles. The Bertz CT molecular complexity index is 552. The van der Waals surface area contributed by atoms with Crippen molar-refractivity contribution in [2.45, 2.75) is 6.92 Å². The van der Waals surface area contributed by atoms with E-state index in [9.17, 15) is 9.90 Å². The Hall–Kier alpha value is -2.36. The Balaban J connectivity index is 2.24. The molecule has 4 heteroatoms. The fourth-order valence-electron chi connectivity index (χ4n) is 1.41. The van der Waals surface area contributed by atoms with Gasteiger partial charge < -0.3 is 9.84 Å². The van der Waals surface area contributed by atoms with Gasteiger partial charge in [-0.3, -0.25) is 0 Å². The van der Waals surface area contributed by atoms with Gasteiger partial charge in [0.05, 0.1) is 5.56 Å². The monoisotopic (exact) mass is 229 g/mol. The lowest BCUT2D eigenvalue weighted by Gasteiger charge is -2.06. The molecule has 0 aliphatic heterocycles. The number of benzene rings is 1. The van der Waals surface area contributed by atoms with E-state index in [0.717, 1.165) is 5.56 Å². The molecular weight excluding hydrogens is 218 g/mol. The van der Waals surface area contributed by atoms with Crippen LogP contribution in [0.25, 0.3) is 0 Å². The molecule has 0 aliphatic rings. The number of carbonyl (C=O) groups excluding carboxylic acids is 1.